The van der Waals surface area contributed by atoms with Crippen LogP contribution in [0, 0.1) is 0 Å². The number of hydrogen-bond acceptors (Lipinski definition) is 4. The fourth-order valence-electron chi connectivity index (χ4n) is 0.425. The topological polar surface area (TPSA) is 83.5 Å². The van der Waals surface area contributed by atoms with E-state index in [0.717, 1.165) is 0 Å². The van der Waals surface area contributed by atoms with E-state index < -0.39 is 16.6 Å². The van der Waals surface area contributed by atoms with Crippen LogP contribution in [0.2, 0.25) is 0 Å². The van der Waals surface area contributed by atoms with Crippen molar-refractivity contribution >= 4 is 16.6 Å². The second-order valence-electron chi connectivity index (χ2n) is 1.69. The van der Waals surface area contributed by atoms with E-state index in [-0.39, 0.29) is 18.6 Å². The highest BCUT2D eigenvalue weighted by Crippen LogP contribution is 1.87. The molecule has 6 heteroatoms. The Morgan fingerprint density at radius 2 is 2.10 bits per heavy atom. The van der Waals surface area contributed by atoms with Gasteiger partial charge in [0.25, 0.3) is 0 Å². The van der Waals surface area contributed by atoms with Crippen molar-refractivity contribution in [3.05, 3.63) is 0 Å². The summed E-state index contributed by atoms with van der Waals surface area (Å²) in [6, 6.07) is 0. The van der Waals surface area contributed by atoms with E-state index in [1.165, 1.54) is 5.48 Å². The highest BCUT2D eigenvalue weighted by molar-refractivity contribution is 7.72. The molecule has 0 heterocycles. The van der Waals surface area contributed by atoms with Crippen molar-refractivity contribution in [3.8, 4) is 0 Å². The first-order valence-electron chi connectivity index (χ1n) is 2.71. The molecule has 0 bridgehead atoms. The van der Waals surface area contributed by atoms with E-state index in [0.29, 0.717) is 0 Å². The maximum atomic E-state index is 10.2. The quantitative estimate of drug-likeness (QED) is 0.281. The number of thiol groups is 1. The van der Waals surface area contributed by atoms with E-state index in [9.17, 15) is 13.2 Å². The minimum absolute atomic E-state index is 0.0112. The van der Waals surface area contributed by atoms with Crippen LogP contribution >= 0.6 is 0 Å². The number of hydroxylamine groups is 1. The zero-order valence-corrected chi connectivity index (χ0v) is 6.13. The molecule has 0 rings (SSSR count). The molecule has 0 aliphatic carbocycles. The van der Waals surface area contributed by atoms with Crippen molar-refractivity contribution in [1.29, 1.82) is 0 Å². The van der Waals surface area contributed by atoms with Crippen LogP contribution in [-0.4, -0.2) is 25.3 Å². The Kier molecular flexibility index (Phi) is 4.87. The van der Waals surface area contributed by atoms with Crippen LogP contribution in [0.4, 0.5) is 0 Å². The molecule has 0 aromatic heterocycles. The van der Waals surface area contributed by atoms with Crippen molar-refractivity contribution in [2.24, 2.45) is 0 Å². The lowest BCUT2D eigenvalue weighted by Crippen LogP contribution is -2.18. The number of hydrogen-bond donors (Lipinski definition) is 3. The first kappa shape index (κ1) is 9.38. The monoisotopic (exact) mass is 167 g/mol. The molecule has 60 valence electrons. The van der Waals surface area contributed by atoms with Crippen LogP contribution in [0.25, 0.3) is 0 Å². The normalized spacial score (nSPS) is 9.80. The molecule has 0 aliphatic rings. The van der Waals surface area contributed by atoms with Crippen molar-refractivity contribution < 1.29 is 18.4 Å². The van der Waals surface area contributed by atoms with Crippen LogP contribution in [0.3, 0.4) is 0 Å². The summed E-state index contributed by atoms with van der Waals surface area (Å²) in [6.45, 7) is 0. The maximum absolute atomic E-state index is 10.2. The van der Waals surface area contributed by atoms with Gasteiger partial charge in [0.15, 0.2) is 0 Å². The van der Waals surface area contributed by atoms with Crippen molar-refractivity contribution in [3.63, 3.8) is 0 Å². The molecule has 0 atom stereocenters. The van der Waals surface area contributed by atoms with Gasteiger partial charge in [-0.05, 0) is 6.42 Å². The largest absolute Gasteiger partial charge is 0.289 e. The molecule has 10 heavy (non-hydrogen) atoms. The third kappa shape index (κ3) is 5.52. The molecule has 0 saturated carbocycles. The Morgan fingerprint density at radius 3 is 2.50 bits per heavy atom. The van der Waals surface area contributed by atoms with Crippen LogP contribution in [0.15, 0.2) is 0 Å². The molecule has 0 unspecified atom stereocenters. The molecule has 5 nitrogen and oxygen atoms in total. The SMILES string of the molecule is O=C(CCC[SH](=O)=O)NO. The van der Waals surface area contributed by atoms with E-state index >= 15 is 0 Å². The van der Waals surface area contributed by atoms with Crippen LogP contribution < -0.4 is 5.48 Å². The molecule has 0 saturated heterocycles. The Morgan fingerprint density at radius 1 is 1.50 bits per heavy atom. The average molecular weight is 167 g/mol. The summed E-state index contributed by atoms with van der Waals surface area (Å²) in [4.78, 5) is 10.2. The Balaban J connectivity index is 3.28. The Bertz CT molecular complexity index is 168. The van der Waals surface area contributed by atoms with E-state index in [1.54, 1.807) is 0 Å². The van der Waals surface area contributed by atoms with Gasteiger partial charge in [-0.3, -0.25) is 10.0 Å². The smallest absolute Gasteiger partial charge is 0.243 e. The first-order chi connectivity index (χ1) is 4.66. The molecule has 1 amide bonds. The molecular formula is C4H9NO4S. The van der Waals surface area contributed by atoms with Gasteiger partial charge < -0.3 is 0 Å². The lowest BCUT2D eigenvalue weighted by molar-refractivity contribution is -0.129. The van der Waals surface area contributed by atoms with Gasteiger partial charge in [0.2, 0.25) is 5.91 Å². The standard InChI is InChI=1S/C4H9NO4S/c6-4(5-7)2-1-3-10(8)9/h7,10H,1-3H2,(H,5,6). The highest BCUT2D eigenvalue weighted by Gasteiger charge is 1.97. The summed E-state index contributed by atoms with van der Waals surface area (Å²) in [5.41, 5.74) is 1.40. The van der Waals surface area contributed by atoms with E-state index in [2.05, 4.69) is 0 Å². The minimum Gasteiger partial charge on any atom is -0.289 e. The summed E-state index contributed by atoms with van der Waals surface area (Å²) in [7, 11) is -2.40. The number of carbonyl (C=O) groups is 1. The van der Waals surface area contributed by atoms with Gasteiger partial charge >= 0.3 is 0 Å². The molecule has 0 radical (unpaired) electrons. The minimum atomic E-state index is -2.40. The number of carbonyl (C=O) groups excluding carboxylic acids is 1. The van der Waals surface area contributed by atoms with Crippen LogP contribution in [0.1, 0.15) is 12.8 Å². The lowest BCUT2D eigenvalue weighted by Gasteiger charge is -1.92. The molecule has 0 fully saturated rings. The van der Waals surface area contributed by atoms with E-state index in [4.69, 9.17) is 5.21 Å². The predicted octanol–water partition coefficient (Wildman–Crippen LogP) is -1.12. The first-order valence-corrected chi connectivity index (χ1v) is 4.08. The number of amides is 1. The molecule has 2 N–H and O–H groups in total. The molecule has 0 spiro atoms. The number of nitrogens with one attached hydrogen (secondary N) is 1. The number of rotatable bonds is 4. The highest BCUT2D eigenvalue weighted by atomic mass is 32.2. The zero-order chi connectivity index (χ0) is 7.98. The van der Waals surface area contributed by atoms with Gasteiger partial charge in [-0.25, -0.2) is 13.9 Å². The third-order valence-corrected chi connectivity index (χ3v) is 1.55. The van der Waals surface area contributed by atoms with Gasteiger partial charge in [0.1, 0.15) is 10.7 Å². The van der Waals surface area contributed by atoms with Gasteiger partial charge in [0, 0.05) is 12.2 Å². The Hall–Kier alpha value is -0.620. The lowest BCUT2D eigenvalue weighted by atomic mass is 10.3. The van der Waals surface area contributed by atoms with Crippen molar-refractivity contribution in [2.45, 2.75) is 12.8 Å². The third-order valence-electron chi connectivity index (χ3n) is 0.869. The fourth-order valence-corrected chi connectivity index (χ4v) is 0.841. The predicted molar refractivity (Wildman–Crippen MR) is 34.3 cm³/mol. The molecule has 0 aliphatic heterocycles. The molecule has 0 aromatic carbocycles. The maximum Gasteiger partial charge on any atom is 0.243 e. The summed E-state index contributed by atoms with van der Waals surface area (Å²) >= 11 is 0. The van der Waals surface area contributed by atoms with Gasteiger partial charge in [-0.15, -0.1) is 0 Å². The fraction of sp³-hybridized carbons (Fsp3) is 0.750. The molecule has 0 aromatic rings. The van der Waals surface area contributed by atoms with Gasteiger partial charge in [-0.2, -0.15) is 0 Å². The summed E-state index contributed by atoms with van der Waals surface area (Å²) in [6.07, 6.45) is 0.297. The second-order valence-corrected chi connectivity index (χ2v) is 2.81. The average Bonchev–Trinajstić information content (AvgIpc) is 1.87. The second kappa shape index (κ2) is 5.19. The summed E-state index contributed by atoms with van der Waals surface area (Å²) in [5, 5.41) is 7.95. The van der Waals surface area contributed by atoms with Gasteiger partial charge in [0.05, 0.1) is 0 Å². The van der Waals surface area contributed by atoms with Crippen molar-refractivity contribution in [1.82, 2.24) is 5.48 Å². The zero-order valence-electron chi connectivity index (χ0n) is 5.24. The van der Waals surface area contributed by atoms with Gasteiger partial charge in [-0.1, -0.05) is 0 Å². The summed E-state index contributed by atoms with van der Waals surface area (Å²) in [5.74, 6) is -0.570. The van der Waals surface area contributed by atoms with Crippen molar-refractivity contribution in [2.75, 3.05) is 5.75 Å². The van der Waals surface area contributed by atoms with Crippen LogP contribution in [0.5, 0.6) is 0 Å². The Labute approximate surface area is 60.0 Å². The van der Waals surface area contributed by atoms with Crippen LogP contribution in [-0.2, 0) is 15.5 Å². The summed E-state index contributed by atoms with van der Waals surface area (Å²) < 4.78 is 19.8. The molecular weight excluding hydrogens is 158 g/mol. The van der Waals surface area contributed by atoms with E-state index in [1.807, 2.05) is 0 Å².